The van der Waals surface area contributed by atoms with E-state index in [2.05, 4.69) is 22.4 Å². The van der Waals surface area contributed by atoms with Crippen molar-refractivity contribution in [3.05, 3.63) is 39.8 Å². The third-order valence-corrected chi connectivity index (χ3v) is 3.97. The fraction of sp³-hybridized carbons (Fsp3) is 0.214. The second-order valence-corrected chi connectivity index (χ2v) is 5.38. The van der Waals surface area contributed by atoms with Crippen LogP contribution in [-0.4, -0.2) is 0 Å². The van der Waals surface area contributed by atoms with Gasteiger partial charge in [0.2, 0.25) is 0 Å². The Morgan fingerprint density at radius 1 is 1.21 bits per heavy atom. The van der Waals surface area contributed by atoms with Gasteiger partial charge in [0, 0.05) is 5.56 Å². The minimum Gasteiger partial charge on any atom is -0.396 e. The molecular weight excluding hydrogens is 256 g/mol. The van der Waals surface area contributed by atoms with Crippen LogP contribution in [0.15, 0.2) is 28.4 Å². The number of anilines is 1. The van der Waals surface area contributed by atoms with Gasteiger partial charge in [0.25, 0.3) is 0 Å². The molecule has 0 unspecified atom stereocenters. The minimum absolute atomic E-state index is 0.537. The summed E-state index contributed by atoms with van der Waals surface area (Å²) in [5, 5.41) is 17.9. The standard InChI is InChI=1S/C14H14N4S/c1-8-4-5-11(9(2)6-8)17-18-14-13(16)10(3)12(7-15)19-14/h4-6H,16H2,1-3H3/b18-17+. The SMILES string of the molecule is Cc1ccc(/N=N/c2sc(C#N)c(C)c2N)c(C)c1. The van der Waals surface area contributed by atoms with Crippen molar-refractivity contribution in [2.24, 2.45) is 10.2 Å². The van der Waals surface area contributed by atoms with Crippen LogP contribution in [-0.2, 0) is 0 Å². The maximum Gasteiger partial charge on any atom is 0.163 e. The normalized spacial score (nSPS) is 10.8. The zero-order valence-corrected chi connectivity index (χ0v) is 11.9. The van der Waals surface area contributed by atoms with Gasteiger partial charge in [0.05, 0.1) is 11.4 Å². The number of azo groups is 1. The first kappa shape index (κ1) is 13.2. The Hall–Kier alpha value is -2.19. The Morgan fingerprint density at radius 3 is 2.53 bits per heavy atom. The van der Waals surface area contributed by atoms with Crippen LogP contribution < -0.4 is 5.73 Å². The number of hydrogen-bond donors (Lipinski definition) is 1. The summed E-state index contributed by atoms with van der Waals surface area (Å²) in [4.78, 5) is 0.590. The minimum atomic E-state index is 0.537. The number of hydrogen-bond acceptors (Lipinski definition) is 5. The van der Waals surface area contributed by atoms with Gasteiger partial charge in [-0.1, -0.05) is 17.7 Å². The summed E-state index contributed by atoms with van der Waals surface area (Å²) in [5.74, 6) is 0. The molecule has 0 aliphatic heterocycles. The van der Waals surface area contributed by atoms with Gasteiger partial charge in [-0.15, -0.1) is 21.6 Å². The van der Waals surface area contributed by atoms with E-state index in [1.807, 2.05) is 32.9 Å². The molecule has 2 N–H and O–H groups in total. The van der Waals surface area contributed by atoms with Gasteiger partial charge in [-0.25, -0.2) is 0 Å². The quantitative estimate of drug-likeness (QED) is 0.813. The lowest BCUT2D eigenvalue weighted by Gasteiger charge is -1.99. The molecule has 19 heavy (non-hydrogen) atoms. The average Bonchev–Trinajstić information content (AvgIpc) is 2.65. The second kappa shape index (κ2) is 5.21. The van der Waals surface area contributed by atoms with Gasteiger partial charge in [0.1, 0.15) is 10.9 Å². The van der Waals surface area contributed by atoms with E-state index >= 15 is 0 Å². The van der Waals surface area contributed by atoms with Crippen LogP contribution in [0.25, 0.3) is 0 Å². The first-order valence-corrected chi connectivity index (χ1v) is 6.62. The Balaban J connectivity index is 2.36. The zero-order valence-electron chi connectivity index (χ0n) is 11.1. The van der Waals surface area contributed by atoms with Crippen LogP contribution in [0.3, 0.4) is 0 Å². The third kappa shape index (κ3) is 2.64. The fourth-order valence-electron chi connectivity index (χ4n) is 1.71. The van der Waals surface area contributed by atoms with Crippen LogP contribution in [0.2, 0.25) is 0 Å². The highest BCUT2D eigenvalue weighted by Crippen LogP contribution is 2.38. The van der Waals surface area contributed by atoms with E-state index in [1.54, 1.807) is 0 Å². The van der Waals surface area contributed by atoms with Crippen molar-refractivity contribution < 1.29 is 0 Å². The maximum atomic E-state index is 8.95. The monoisotopic (exact) mass is 270 g/mol. The lowest BCUT2D eigenvalue weighted by atomic mass is 10.1. The molecule has 0 saturated carbocycles. The Bertz CT molecular complexity index is 692. The van der Waals surface area contributed by atoms with Crippen LogP contribution in [0, 0.1) is 32.1 Å². The van der Waals surface area contributed by atoms with Crippen molar-refractivity contribution in [3.8, 4) is 6.07 Å². The van der Waals surface area contributed by atoms with Crippen molar-refractivity contribution in [3.63, 3.8) is 0 Å². The van der Waals surface area contributed by atoms with Crippen molar-refractivity contribution >= 4 is 27.7 Å². The van der Waals surface area contributed by atoms with E-state index in [0.717, 1.165) is 16.8 Å². The first-order chi connectivity index (χ1) is 9.02. The van der Waals surface area contributed by atoms with Crippen molar-refractivity contribution in [2.45, 2.75) is 20.8 Å². The molecule has 1 heterocycles. The number of thiophene rings is 1. The molecule has 0 atom stereocenters. The summed E-state index contributed by atoms with van der Waals surface area (Å²) < 4.78 is 0. The highest BCUT2D eigenvalue weighted by molar-refractivity contribution is 7.17. The van der Waals surface area contributed by atoms with Gasteiger partial charge in [-0.2, -0.15) is 5.26 Å². The second-order valence-electron chi connectivity index (χ2n) is 4.38. The number of nitrogens with zero attached hydrogens (tertiary/aromatic N) is 3. The maximum absolute atomic E-state index is 8.95. The Labute approximate surface area is 116 Å². The predicted octanol–water partition coefficient (Wildman–Crippen LogP) is 4.54. The molecule has 0 fully saturated rings. The molecule has 0 amide bonds. The molecule has 0 radical (unpaired) electrons. The Morgan fingerprint density at radius 2 is 1.95 bits per heavy atom. The molecule has 5 heteroatoms. The van der Waals surface area contributed by atoms with E-state index < -0.39 is 0 Å². The number of nitrogens with two attached hydrogens (primary N) is 1. The van der Waals surface area contributed by atoms with Crippen molar-refractivity contribution in [1.82, 2.24) is 0 Å². The van der Waals surface area contributed by atoms with Crippen LogP contribution in [0.4, 0.5) is 16.4 Å². The lowest BCUT2D eigenvalue weighted by Crippen LogP contribution is -1.84. The van der Waals surface area contributed by atoms with Crippen LogP contribution >= 0.6 is 11.3 Å². The largest absolute Gasteiger partial charge is 0.396 e. The van der Waals surface area contributed by atoms with Crippen LogP contribution in [0.1, 0.15) is 21.6 Å². The molecule has 2 rings (SSSR count). The van der Waals surface area contributed by atoms with Gasteiger partial charge >= 0.3 is 0 Å². The molecule has 0 bridgehead atoms. The molecular formula is C14H14N4S. The van der Waals surface area contributed by atoms with Crippen LogP contribution in [0.5, 0.6) is 0 Å². The molecule has 96 valence electrons. The molecule has 0 aliphatic carbocycles. The Kier molecular flexibility index (Phi) is 3.63. The molecule has 0 saturated heterocycles. The molecule has 4 nitrogen and oxygen atoms in total. The summed E-state index contributed by atoms with van der Waals surface area (Å²) in [6.07, 6.45) is 0. The zero-order chi connectivity index (χ0) is 14.0. The average molecular weight is 270 g/mol. The topological polar surface area (TPSA) is 74.5 Å². The summed E-state index contributed by atoms with van der Waals surface area (Å²) >= 11 is 1.27. The number of nitriles is 1. The van der Waals surface area contributed by atoms with Gasteiger partial charge in [-0.05, 0) is 32.4 Å². The number of rotatable bonds is 2. The summed E-state index contributed by atoms with van der Waals surface area (Å²) in [5.41, 5.74) is 10.3. The molecule has 0 spiro atoms. The molecule has 2 aromatic rings. The van der Waals surface area contributed by atoms with Gasteiger partial charge in [0.15, 0.2) is 5.00 Å². The number of nitrogen functional groups attached to an aromatic ring is 1. The number of benzene rings is 1. The smallest absolute Gasteiger partial charge is 0.163 e. The van der Waals surface area contributed by atoms with E-state index in [9.17, 15) is 0 Å². The fourth-order valence-corrected chi connectivity index (χ4v) is 2.56. The molecule has 0 aliphatic rings. The van der Waals surface area contributed by atoms with E-state index in [-0.39, 0.29) is 0 Å². The van der Waals surface area contributed by atoms with E-state index in [0.29, 0.717) is 15.6 Å². The highest BCUT2D eigenvalue weighted by atomic mass is 32.1. The summed E-state index contributed by atoms with van der Waals surface area (Å²) in [6.45, 7) is 5.85. The van der Waals surface area contributed by atoms with Gasteiger partial charge < -0.3 is 5.73 Å². The van der Waals surface area contributed by atoms with E-state index in [1.165, 1.54) is 16.9 Å². The molecule has 1 aromatic heterocycles. The van der Waals surface area contributed by atoms with Crippen molar-refractivity contribution in [1.29, 1.82) is 5.26 Å². The number of aryl methyl sites for hydroxylation is 2. The summed E-state index contributed by atoms with van der Waals surface area (Å²) in [6, 6.07) is 8.08. The summed E-state index contributed by atoms with van der Waals surface area (Å²) in [7, 11) is 0. The predicted molar refractivity (Wildman–Crippen MR) is 78.3 cm³/mol. The first-order valence-electron chi connectivity index (χ1n) is 5.81. The molecule has 1 aromatic carbocycles. The van der Waals surface area contributed by atoms with Crippen molar-refractivity contribution in [2.75, 3.05) is 5.73 Å². The lowest BCUT2D eigenvalue weighted by molar-refractivity contribution is 1.22. The van der Waals surface area contributed by atoms with Gasteiger partial charge in [-0.3, -0.25) is 0 Å². The highest BCUT2D eigenvalue weighted by Gasteiger charge is 2.11. The third-order valence-electron chi connectivity index (χ3n) is 2.88. The van der Waals surface area contributed by atoms with E-state index in [4.69, 9.17) is 11.0 Å².